The van der Waals surface area contributed by atoms with Crippen LogP contribution in [-0.2, 0) is 20.0 Å². The highest BCUT2D eigenvalue weighted by Crippen LogP contribution is 2.30. The molecule has 176 valence electrons. The predicted molar refractivity (Wildman–Crippen MR) is 137 cm³/mol. The Balaban J connectivity index is 0.000000228. The molecule has 0 aliphatic carbocycles. The van der Waals surface area contributed by atoms with E-state index >= 15 is 0 Å². The van der Waals surface area contributed by atoms with Gasteiger partial charge in [-0.2, -0.15) is 0 Å². The second kappa shape index (κ2) is 10.4. The molecular formula is C23H24Cl2N2O4S2. The molecule has 0 saturated heterocycles. The molecular weight excluding hydrogens is 503 g/mol. The summed E-state index contributed by atoms with van der Waals surface area (Å²) in [6, 6.07) is 20.3. The second-order valence-corrected chi connectivity index (χ2v) is 11.5. The fourth-order valence-electron chi connectivity index (χ4n) is 3.16. The normalized spacial score (nSPS) is 11.7. The summed E-state index contributed by atoms with van der Waals surface area (Å²) in [4.78, 5) is 0.380. The molecule has 10 heteroatoms. The highest BCUT2D eigenvalue weighted by molar-refractivity contribution is 7.89. The van der Waals surface area contributed by atoms with Gasteiger partial charge in [0.25, 0.3) is 0 Å². The van der Waals surface area contributed by atoms with Crippen molar-refractivity contribution in [3.63, 3.8) is 0 Å². The van der Waals surface area contributed by atoms with Crippen LogP contribution >= 0.6 is 23.2 Å². The highest BCUT2D eigenvalue weighted by Gasteiger charge is 2.20. The minimum atomic E-state index is -3.70. The lowest BCUT2D eigenvalue weighted by Gasteiger charge is -2.13. The number of halogens is 2. The third-order valence-electron chi connectivity index (χ3n) is 4.72. The van der Waals surface area contributed by atoms with Crippen molar-refractivity contribution in [3.05, 3.63) is 82.8 Å². The number of nitrogens with zero attached hydrogens (tertiary/aromatic N) is 1. The van der Waals surface area contributed by atoms with Gasteiger partial charge in [0.2, 0.25) is 20.0 Å². The van der Waals surface area contributed by atoms with Crippen LogP contribution < -0.4 is 5.14 Å². The average molecular weight is 527 g/mol. The zero-order valence-corrected chi connectivity index (χ0v) is 20.3. The zero-order valence-electron chi connectivity index (χ0n) is 17.2. The maximum absolute atomic E-state index is 12.1. The Hall–Kier alpha value is -2.20. The Labute approximate surface area is 204 Å². The molecule has 4 aromatic rings. The van der Waals surface area contributed by atoms with Gasteiger partial charge in [0.05, 0.1) is 9.79 Å². The molecule has 0 atom stereocenters. The molecule has 0 heterocycles. The summed E-state index contributed by atoms with van der Waals surface area (Å²) >= 11 is 12.0. The molecule has 0 aromatic heterocycles. The fourth-order valence-corrected chi connectivity index (χ4v) is 5.48. The van der Waals surface area contributed by atoms with E-state index in [1.165, 1.54) is 24.5 Å². The summed E-state index contributed by atoms with van der Waals surface area (Å²) in [6.45, 7) is 0. The Morgan fingerprint density at radius 3 is 1.42 bits per heavy atom. The van der Waals surface area contributed by atoms with E-state index in [2.05, 4.69) is 0 Å². The third-order valence-corrected chi connectivity index (χ3v) is 8.22. The summed E-state index contributed by atoms with van der Waals surface area (Å²) in [6.07, 6.45) is 0. The lowest BCUT2D eigenvalue weighted by Crippen LogP contribution is -2.22. The van der Waals surface area contributed by atoms with Crippen LogP contribution in [0, 0.1) is 0 Å². The summed E-state index contributed by atoms with van der Waals surface area (Å²) in [5.74, 6) is 0. The van der Waals surface area contributed by atoms with E-state index in [1.54, 1.807) is 60.7 Å². The quantitative estimate of drug-likeness (QED) is 0.379. The lowest BCUT2D eigenvalue weighted by atomic mass is 10.1. The molecule has 6 nitrogen and oxygen atoms in total. The molecule has 0 fully saturated rings. The first-order valence-electron chi connectivity index (χ1n) is 9.24. The predicted octanol–water partition coefficient (Wildman–Crippen LogP) is 5.52. The van der Waals surface area contributed by atoms with Crippen LogP contribution in [0.1, 0.15) is 7.43 Å². The highest BCUT2D eigenvalue weighted by atomic mass is 35.5. The SMILES string of the molecule is C.CN(C)S(=O)(=O)c1cccc2c(Cl)cccc12.NS(=O)(=O)c1cccc2c(Cl)cccc12. The number of sulfonamides is 2. The van der Waals surface area contributed by atoms with Crippen LogP contribution in [0.2, 0.25) is 10.0 Å². The van der Waals surface area contributed by atoms with E-state index in [0.717, 1.165) is 5.39 Å². The van der Waals surface area contributed by atoms with Crippen LogP contribution in [0.3, 0.4) is 0 Å². The number of nitrogens with two attached hydrogens (primary N) is 1. The van der Waals surface area contributed by atoms with E-state index in [4.69, 9.17) is 28.3 Å². The average Bonchev–Trinajstić information content (AvgIpc) is 2.73. The number of hydrogen-bond acceptors (Lipinski definition) is 4. The summed E-state index contributed by atoms with van der Waals surface area (Å²) < 4.78 is 48.1. The van der Waals surface area contributed by atoms with Gasteiger partial charge in [0.1, 0.15) is 0 Å². The van der Waals surface area contributed by atoms with Crippen LogP contribution in [0.5, 0.6) is 0 Å². The van der Waals surface area contributed by atoms with E-state index in [9.17, 15) is 16.8 Å². The molecule has 0 unspecified atom stereocenters. The Bertz CT molecular complexity index is 1520. The van der Waals surface area contributed by atoms with Crippen LogP contribution in [-0.4, -0.2) is 35.2 Å². The van der Waals surface area contributed by atoms with Crippen molar-refractivity contribution in [2.24, 2.45) is 5.14 Å². The maximum atomic E-state index is 12.1. The molecule has 33 heavy (non-hydrogen) atoms. The Morgan fingerprint density at radius 1 is 0.636 bits per heavy atom. The van der Waals surface area contributed by atoms with Gasteiger partial charge < -0.3 is 0 Å². The van der Waals surface area contributed by atoms with Crippen LogP contribution in [0.15, 0.2) is 82.6 Å². The second-order valence-electron chi connectivity index (χ2n) is 7.01. The first-order chi connectivity index (χ1) is 14.9. The third kappa shape index (κ3) is 5.66. The van der Waals surface area contributed by atoms with E-state index in [-0.39, 0.29) is 17.2 Å². The van der Waals surface area contributed by atoms with Crippen molar-refractivity contribution >= 4 is 64.8 Å². The summed E-state index contributed by atoms with van der Waals surface area (Å²) in [5.41, 5.74) is 0. The summed E-state index contributed by atoms with van der Waals surface area (Å²) in [5, 5.41) is 8.80. The minimum Gasteiger partial charge on any atom is -0.225 e. The minimum absolute atomic E-state index is 0. The number of fused-ring (bicyclic) bond motifs is 2. The first kappa shape index (κ1) is 27.0. The van der Waals surface area contributed by atoms with Gasteiger partial charge in [-0.05, 0) is 24.3 Å². The first-order valence-corrected chi connectivity index (χ1v) is 13.0. The molecule has 4 aromatic carbocycles. The van der Waals surface area contributed by atoms with Crippen molar-refractivity contribution in [2.75, 3.05) is 14.1 Å². The van der Waals surface area contributed by atoms with Crippen LogP contribution in [0.25, 0.3) is 21.5 Å². The van der Waals surface area contributed by atoms with Gasteiger partial charge in [-0.1, -0.05) is 79.2 Å². The molecule has 0 aliphatic heterocycles. The lowest BCUT2D eigenvalue weighted by molar-refractivity contribution is 0.521. The number of hydrogen-bond donors (Lipinski definition) is 1. The fraction of sp³-hybridized carbons (Fsp3) is 0.130. The molecule has 0 aliphatic rings. The van der Waals surface area contributed by atoms with Crippen LogP contribution in [0.4, 0.5) is 0 Å². The standard InChI is InChI=1S/C12H12ClNO2S.C10H8ClNO2S.CH4/c1-14(2)17(15,16)12-8-4-5-9-10(12)6-3-7-11(9)13;11-9-5-1-4-8-7(9)3-2-6-10(8)15(12,13)14;/h3-8H,1-2H3;1-6H,(H2,12,13,14);1H4. The van der Waals surface area contributed by atoms with Gasteiger partial charge in [-0.25, -0.2) is 26.3 Å². The number of primary sulfonamides is 1. The number of rotatable bonds is 3. The number of benzene rings is 4. The van der Waals surface area contributed by atoms with Gasteiger partial charge in [0, 0.05) is 45.7 Å². The van der Waals surface area contributed by atoms with Gasteiger partial charge in [0.15, 0.2) is 0 Å². The van der Waals surface area contributed by atoms with E-state index in [1.807, 2.05) is 6.07 Å². The molecule has 0 bridgehead atoms. The van der Waals surface area contributed by atoms with Crippen molar-refractivity contribution in [1.82, 2.24) is 4.31 Å². The molecule has 4 rings (SSSR count). The smallest absolute Gasteiger partial charge is 0.225 e. The molecule has 0 amide bonds. The van der Waals surface area contributed by atoms with Crippen molar-refractivity contribution < 1.29 is 16.8 Å². The molecule has 2 N–H and O–H groups in total. The Kier molecular flexibility index (Phi) is 8.51. The van der Waals surface area contributed by atoms with Gasteiger partial charge in [-0.3, -0.25) is 0 Å². The zero-order chi connectivity index (χ0) is 23.7. The molecule has 0 spiro atoms. The van der Waals surface area contributed by atoms with Gasteiger partial charge in [-0.15, -0.1) is 0 Å². The topological polar surface area (TPSA) is 97.5 Å². The molecule has 0 saturated carbocycles. The Morgan fingerprint density at radius 2 is 1.00 bits per heavy atom. The molecule has 0 radical (unpaired) electrons. The van der Waals surface area contributed by atoms with Crippen molar-refractivity contribution in [1.29, 1.82) is 0 Å². The monoisotopic (exact) mass is 526 g/mol. The van der Waals surface area contributed by atoms with Gasteiger partial charge >= 0.3 is 0 Å². The largest absolute Gasteiger partial charge is 0.243 e. The summed E-state index contributed by atoms with van der Waals surface area (Å²) in [7, 11) is -4.13. The van der Waals surface area contributed by atoms with E-state index in [0.29, 0.717) is 26.2 Å². The van der Waals surface area contributed by atoms with E-state index < -0.39 is 20.0 Å². The van der Waals surface area contributed by atoms with Crippen molar-refractivity contribution in [2.45, 2.75) is 17.2 Å². The van der Waals surface area contributed by atoms with Crippen molar-refractivity contribution in [3.8, 4) is 0 Å². The maximum Gasteiger partial charge on any atom is 0.243 e.